The lowest BCUT2D eigenvalue weighted by Crippen LogP contribution is -2.52. The molecule has 0 radical (unpaired) electrons. The Bertz CT molecular complexity index is 1010. The number of alkyl halides is 3. The molecule has 0 bridgehead atoms. The van der Waals surface area contributed by atoms with Crippen LogP contribution in [0.3, 0.4) is 0 Å². The monoisotopic (exact) mass is 390 g/mol. The summed E-state index contributed by atoms with van der Waals surface area (Å²) in [7, 11) is 0. The number of anilines is 1. The van der Waals surface area contributed by atoms with E-state index in [4.69, 9.17) is 5.73 Å². The Labute approximate surface area is 160 Å². The molecular formula is C19H21F3N6. The zero-order valence-electron chi connectivity index (χ0n) is 15.6. The van der Waals surface area contributed by atoms with E-state index >= 15 is 0 Å². The van der Waals surface area contributed by atoms with E-state index in [-0.39, 0.29) is 22.8 Å². The van der Waals surface area contributed by atoms with Gasteiger partial charge in [0.05, 0.1) is 11.3 Å². The van der Waals surface area contributed by atoms with Gasteiger partial charge in [-0.1, -0.05) is 13.8 Å². The Morgan fingerprint density at radius 2 is 2.04 bits per heavy atom. The van der Waals surface area contributed by atoms with Crippen molar-refractivity contribution in [3.05, 3.63) is 36.0 Å². The van der Waals surface area contributed by atoms with Gasteiger partial charge < -0.3 is 10.6 Å². The summed E-state index contributed by atoms with van der Waals surface area (Å²) in [5.41, 5.74) is 5.61. The third kappa shape index (κ3) is 3.19. The maximum Gasteiger partial charge on any atom is 0.418 e. The first-order chi connectivity index (χ1) is 13.2. The number of rotatable bonds is 2. The van der Waals surface area contributed by atoms with Gasteiger partial charge in [0.2, 0.25) is 0 Å². The number of halogens is 3. The molecule has 3 N–H and O–H groups in total. The van der Waals surface area contributed by atoms with E-state index in [0.29, 0.717) is 29.9 Å². The highest BCUT2D eigenvalue weighted by Crippen LogP contribution is 2.39. The topological polar surface area (TPSA) is 83.7 Å². The molecule has 1 atom stereocenters. The third-order valence-electron chi connectivity index (χ3n) is 5.39. The van der Waals surface area contributed by atoms with Crippen molar-refractivity contribution in [1.82, 2.24) is 20.2 Å². The van der Waals surface area contributed by atoms with Gasteiger partial charge in [0.15, 0.2) is 5.65 Å². The number of nitrogens with two attached hydrogens (primary N) is 1. The molecule has 1 unspecified atom stereocenters. The van der Waals surface area contributed by atoms with Crippen molar-refractivity contribution in [2.24, 2.45) is 11.1 Å². The highest BCUT2D eigenvalue weighted by molar-refractivity contribution is 5.90. The van der Waals surface area contributed by atoms with Crippen LogP contribution in [-0.2, 0) is 6.18 Å². The van der Waals surface area contributed by atoms with E-state index in [0.717, 1.165) is 12.5 Å². The number of hydrogen-bond acceptors (Lipinski definition) is 5. The number of hydrogen-bond donors (Lipinski definition) is 2. The van der Waals surface area contributed by atoms with Crippen LogP contribution in [0.4, 0.5) is 19.0 Å². The Morgan fingerprint density at radius 3 is 2.75 bits per heavy atom. The first-order valence-corrected chi connectivity index (χ1v) is 9.05. The van der Waals surface area contributed by atoms with Crippen molar-refractivity contribution < 1.29 is 13.2 Å². The van der Waals surface area contributed by atoms with E-state index in [2.05, 4.69) is 34.0 Å². The zero-order chi connectivity index (χ0) is 20.1. The molecule has 1 saturated heterocycles. The first-order valence-electron chi connectivity index (χ1n) is 9.05. The van der Waals surface area contributed by atoms with Crippen molar-refractivity contribution in [3.63, 3.8) is 0 Å². The van der Waals surface area contributed by atoms with Crippen LogP contribution in [0.1, 0.15) is 25.8 Å². The van der Waals surface area contributed by atoms with Gasteiger partial charge in [-0.3, -0.25) is 5.10 Å². The second kappa shape index (κ2) is 6.44. The van der Waals surface area contributed by atoms with Crippen molar-refractivity contribution in [2.75, 3.05) is 18.0 Å². The molecular weight excluding hydrogens is 369 g/mol. The lowest BCUT2D eigenvalue weighted by atomic mass is 9.80. The predicted octanol–water partition coefficient (Wildman–Crippen LogP) is 3.60. The highest BCUT2D eigenvalue weighted by Gasteiger charge is 2.38. The Hall–Kier alpha value is -2.68. The Balaban J connectivity index is 1.83. The standard InChI is InChI=1S/C19H21F3N6/c1-18(2)10-28(9-7-13(18)23)14-6-5-12(19(20,21)22)16(25-14)15-11-4-3-8-24-17(11)27-26-15/h3-6,8,13H,7,9-10,23H2,1-2H3,(H,24,26,27). The molecule has 0 saturated carbocycles. The lowest BCUT2D eigenvalue weighted by Gasteiger charge is -2.43. The summed E-state index contributed by atoms with van der Waals surface area (Å²) in [6.07, 6.45) is -2.24. The first kappa shape index (κ1) is 18.7. The smallest absolute Gasteiger partial charge is 0.356 e. The van der Waals surface area contributed by atoms with Crippen LogP contribution in [0.2, 0.25) is 0 Å². The summed E-state index contributed by atoms with van der Waals surface area (Å²) < 4.78 is 41.0. The summed E-state index contributed by atoms with van der Waals surface area (Å²) in [6.45, 7) is 5.39. The number of fused-ring (bicyclic) bond motifs is 1. The van der Waals surface area contributed by atoms with E-state index in [1.165, 1.54) is 6.07 Å². The molecule has 4 rings (SSSR count). The average Bonchev–Trinajstić information content (AvgIpc) is 3.07. The van der Waals surface area contributed by atoms with E-state index in [1.807, 2.05) is 4.90 Å². The van der Waals surface area contributed by atoms with Gasteiger partial charge in [-0.05, 0) is 36.1 Å². The van der Waals surface area contributed by atoms with E-state index in [1.54, 1.807) is 18.3 Å². The van der Waals surface area contributed by atoms with Gasteiger partial charge in [-0.15, -0.1) is 0 Å². The van der Waals surface area contributed by atoms with Crippen LogP contribution in [0, 0.1) is 5.41 Å². The van der Waals surface area contributed by atoms with Crippen LogP contribution < -0.4 is 10.6 Å². The number of piperidine rings is 1. The number of pyridine rings is 2. The van der Waals surface area contributed by atoms with Gasteiger partial charge in [0, 0.05) is 30.7 Å². The zero-order valence-corrected chi connectivity index (χ0v) is 15.6. The molecule has 3 aromatic heterocycles. The van der Waals surface area contributed by atoms with Crippen molar-refractivity contribution in [1.29, 1.82) is 0 Å². The van der Waals surface area contributed by atoms with Gasteiger partial charge in [-0.2, -0.15) is 18.3 Å². The molecule has 0 spiro atoms. The SMILES string of the molecule is CC1(C)CN(c2ccc(C(F)(F)F)c(-c3[nH]nc4ncccc34)n2)CCC1N. The van der Waals surface area contributed by atoms with E-state index < -0.39 is 11.7 Å². The number of nitrogens with one attached hydrogen (secondary N) is 1. The molecule has 4 heterocycles. The van der Waals surface area contributed by atoms with Crippen LogP contribution in [0.25, 0.3) is 22.4 Å². The largest absolute Gasteiger partial charge is 0.418 e. The van der Waals surface area contributed by atoms with Crippen molar-refractivity contribution in [3.8, 4) is 11.4 Å². The van der Waals surface area contributed by atoms with Gasteiger partial charge in [-0.25, -0.2) is 9.97 Å². The van der Waals surface area contributed by atoms with Crippen LogP contribution in [-0.4, -0.2) is 39.3 Å². The molecule has 1 fully saturated rings. The second-order valence-corrected chi connectivity index (χ2v) is 7.84. The molecule has 0 aliphatic carbocycles. The fourth-order valence-corrected chi connectivity index (χ4v) is 3.64. The molecule has 0 amide bonds. The summed E-state index contributed by atoms with van der Waals surface area (Å²) in [5.74, 6) is 0.495. The molecule has 3 aromatic rings. The predicted molar refractivity (Wildman–Crippen MR) is 101 cm³/mol. The maximum absolute atomic E-state index is 13.7. The van der Waals surface area contributed by atoms with Crippen molar-refractivity contribution in [2.45, 2.75) is 32.5 Å². The number of nitrogens with zero attached hydrogens (tertiary/aromatic N) is 4. The fraction of sp³-hybridized carbons (Fsp3) is 0.421. The third-order valence-corrected chi connectivity index (χ3v) is 5.39. The van der Waals surface area contributed by atoms with E-state index in [9.17, 15) is 13.2 Å². The van der Waals surface area contributed by atoms with Crippen LogP contribution >= 0.6 is 0 Å². The summed E-state index contributed by atoms with van der Waals surface area (Å²) in [5, 5.41) is 7.20. The van der Waals surface area contributed by atoms with Crippen molar-refractivity contribution >= 4 is 16.9 Å². The quantitative estimate of drug-likeness (QED) is 0.699. The lowest BCUT2D eigenvalue weighted by molar-refractivity contribution is -0.137. The minimum absolute atomic E-state index is 0.0419. The van der Waals surface area contributed by atoms with Gasteiger partial charge in [0.1, 0.15) is 11.5 Å². The number of aromatic nitrogens is 4. The van der Waals surface area contributed by atoms with Gasteiger partial charge in [0.25, 0.3) is 0 Å². The molecule has 9 heteroatoms. The number of H-pyrrole nitrogens is 1. The molecule has 1 aliphatic heterocycles. The average molecular weight is 390 g/mol. The maximum atomic E-state index is 13.7. The normalized spacial score (nSPS) is 19.9. The van der Waals surface area contributed by atoms with Gasteiger partial charge >= 0.3 is 6.18 Å². The highest BCUT2D eigenvalue weighted by atomic mass is 19.4. The molecule has 0 aromatic carbocycles. The summed E-state index contributed by atoms with van der Waals surface area (Å²) in [4.78, 5) is 10.5. The summed E-state index contributed by atoms with van der Waals surface area (Å²) >= 11 is 0. The number of aromatic amines is 1. The van der Waals surface area contributed by atoms with Crippen LogP contribution in [0.5, 0.6) is 0 Å². The minimum Gasteiger partial charge on any atom is -0.356 e. The minimum atomic E-state index is -4.54. The molecule has 148 valence electrons. The molecule has 1 aliphatic rings. The Kier molecular flexibility index (Phi) is 4.29. The van der Waals surface area contributed by atoms with Crippen LogP contribution in [0.15, 0.2) is 30.5 Å². The fourth-order valence-electron chi connectivity index (χ4n) is 3.64. The summed E-state index contributed by atoms with van der Waals surface area (Å²) in [6, 6.07) is 5.89. The second-order valence-electron chi connectivity index (χ2n) is 7.84. The Morgan fingerprint density at radius 1 is 1.25 bits per heavy atom. The molecule has 28 heavy (non-hydrogen) atoms. The molecule has 6 nitrogen and oxygen atoms in total.